The quantitative estimate of drug-likeness (QED) is 0.622. The molecule has 0 aliphatic carbocycles. The smallest absolute Gasteiger partial charge is 0.293 e. The van der Waals surface area contributed by atoms with Gasteiger partial charge in [-0.1, -0.05) is 0 Å². The van der Waals surface area contributed by atoms with Crippen LogP contribution >= 0.6 is 0 Å². The van der Waals surface area contributed by atoms with E-state index in [1.807, 2.05) is 4.90 Å². The molecule has 1 aliphatic heterocycles. The minimum Gasteiger partial charge on any atom is -0.364 e. The van der Waals surface area contributed by atoms with E-state index in [-0.39, 0.29) is 22.7 Å². The number of hydrogen-bond donors (Lipinski definition) is 2. The van der Waals surface area contributed by atoms with Crippen LogP contribution in [0.1, 0.15) is 12.8 Å². The van der Waals surface area contributed by atoms with E-state index in [0.717, 1.165) is 12.8 Å². The molecule has 3 N–H and O–H groups in total. The Morgan fingerprint density at radius 2 is 2.29 bits per heavy atom. The monoisotopic (exact) mass is 289 g/mol. The first-order valence-corrected chi connectivity index (χ1v) is 6.72. The summed E-state index contributed by atoms with van der Waals surface area (Å²) in [5.41, 5.74) is 6.39. The number of nitrogens with zero attached hydrogens (tertiary/aromatic N) is 3. The molecule has 2 aromatic rings. The summed E-state index contributed by atoms with van der Waals surface area (Å²) < 4.78 is 0. The van der Waals surface area contributed by atoms with Crippen LogP contribution in [-0.2, 0) is 0 Å². The van der Waals surface area contributed by atoms with Crippen molar-refractivity contribution in [2.75, 3.05) is 18.0 Å². The summed E-state index contributed by atoms with van der Waals surface area (Å²) in [5, 5.41) is 11.5. The minimum atomic E-state index is -0.471. The van der Waals surface area contributed by atoms with Gasteiger partial charge in [0, 0.05) is 25.2 Å². The zero-order valence-electron chi connectivity index (χ0n) is 11.3. The van der Waals surface area contributed by atoms with Crippen LogP contribution in [0.2, 0.25) is 0 Å². The fourth-order valence-electron chi connectivity index (χ4n) is 2.72. The van der Waals surface area contributed by atoms with Gasteiger partial charge in [-0.3, -0.25) is 14.9 Å². The maximum atomic E-state index is 11.7. The van der Waals surface area contributed by atoms with Crippen molar-refractivity contribution in [3.8, 4) is 0 Å². The van der Waals surface area contributed by atoms with Gasteiger partial charge >= 0.3 is 0 Å². The molecule has 0 bridgehead atoms. The van der Waals surface area contributed by atoms with Crippen LogP contribution in [0.5, 0.6) is 0 Å². The molecule has 1 aromatic carbocycles. The Labute approximate surface area is 119 Å². The van der Waals surface area contributed by atoms with E-state index in [9.17, 15) is 14.9 Å². The molecule has 0 amide bonds. The van der Waals surface area contributed by atoms with Crippen LogP contribution in [0.25, 0.3) is 10.9 Å². The molecule has 8 nitrogen and oxygen atoms in total. The zero-order valence-corrected chi connectivity index (χ0v) is 11.3. The van der Waals surface area contributed by atoms with Crippen molar-refractivity contribution in [2.45, 2.75) is 18.9 Å². The summed E-state index contributed by atoms with van der Waals surface area (Å²) in [4.78, 5) is 31.0. The summed E-state index contributed by atoms with van der Waals surface area (Å²) in [6.07, 6.45) is 3.09. The van der Waals surface area contributed by atoms with Crippen LogP contribution in [0.4, 0.5) is 11.4 Å². The third kappa shape index (κ3) is 2.45. The first-order chi connectivity index (χ1) is 10.1. The number of rotatable bonds is 2. The number of nitrogens with two attached hydrogens (primary N) is 1. The van der Waals surface area contributed by atoms with Gasteiger partial charge in [-0.05, 0) is 18.9 Å². The van der Waals surface area contributed by atoms with Crippen LogP contribution in [0.3, 0.4) is 0 Å². The second-order valence-electron chi connectivity index (χ2n) is 5.20. The Bertz CT molecular complexity index is 757. The Morgan fingerprint density at radius 3 is 3.00 bits per heavy atom. The molecule has 110 valence electrons. The van der Waals surface area contributed by atoms with E-state index in [2.05, 4.69) is 9.97 Å². The number of nitro benzene ring substituents is 1. The number of H-pyrrole nitrogens is 1. The number of fused-ring (bicyclic) bond motifs is 1. The van der Waals surface area contributed by atoms with Gasteiger partial charge in [-0.15, -0.1) is 0 Å². The van der Waals surface area contributed by atoms with Crippen molar-refractivity contribution >= 4 is 22.3 Å². The lowest BCUT2D eigenvalue weighted by Gasteiger charge is -2.32. The highest BCUT2D eigenvalue weighted by molar-refractivity contribution is 5.87. The summed E-state index contributed by atoms with van der Waals surface area (Å²) in [6, 6.07) is 2.89. The summed E-state index contributed by atoms with van der Waals surface area (Å²) in [5.74, 6) is 0. The van der Waals surface area contributed by atoms with Crippen LogP contribution in [0, 0.1) is 10.1 Å². The fourth-order valence-corrected chi connectivity index (χ4v) is 2.72. The Balaban J connectivity index is 2.18. The SMILES string of the molecule is N[C@@H]1CCCN(c2cc3nc[nH]c(=O)c3cc2[N+](=O)[O-])C1. The van der Waals surface area contributed by atoms with Crippen molar-refractivity contribution in [1.29, 1.82) is 0 Å². The van der Waals surface area contributed by atoms with Gasteiger partial charge in [-0.2, -0.15) is 0 Å². The normalized spacial score (nSPS) is 18.9. The van der Waals surface area contributed by atoms with Crippen molar-refractivity contribution < 1.29 is 4.92 Å². The molecule has 0 radical (unpaired) electrons. The molecule has 8 heteroatoms. The Hall–Kier alpha value is -2.48. The predicted octanol–water partition coefficient (Wildman–Crippen LogP) is 0.759. The first-order valence-electron chi connectivity index (χ1n) is 6.72. The largest absolute Gasteiger partial charge is 0.364 e. The second kappa shape index (κ2) is 5.13. The summed E-state index contributed by atoms with van der Waals surface area (Å²) in [7, 11) is 0. The average molecular weight is 289 g/mol. The molecular formula is C13H15N5O3. The molecule has 21 heavy (non-hydrogen) atoms. The van der Waals surface area contributed by atoms with Crippen molar-refractivity contribution in [1.82, 2.24) is 9.97 Å². The standard InChI is InChI=1S/C13H15N5O3/c14-8-2-1-3-17(6-8)11-5-10-9(4-12(11)18(20)21)13(19)16-7-15-10/h4-5,7-8H,1-3,6,14H2,(H,15,16,19)/t8-/m1/s1. The number of nitro groups is 1. The van der Waals surface area contributed by atoms with Gasteiger partial charge in [0.1, 0.15) is 5.69 Å². The van der Waals surface area contributed by atoms with Crippen LogP contribution in [-0.4, -0.2) is 34.0 Å². The van der Waals surface area contributed by atoms with Crippen LogP contribution in [0.15, 0.2) is 23.3 Å². The summed E-state index contributed by atoms with van der Waals surface area (Å²) in [6.45, 7) is 1.28. The van der Waals surface area contributed by atoms with E-state index in [4.69, 9.17) is 5.73 Å². The molecular weight excluding hydrogens is 274 g/mol. The third-order valence-electron chi connectivity index (χ3n) is 3.73. The van der Waals surface area contributed by atoms with Gasteiger partial charge < -0.3 is 15.6 Å². The number of aromatic nitrogens is 2. The molecule has 1 saturated heterocycles. The average Bonchev–Trinajstić information content (AvgIpc) is 2.46. The maximum absolute atomic E-state index is 11.7. The maximum Gasteiger partial charge on any atom is 0.293 e. The van der Waals surface area contributed by atoms with E-state index in [0.29, 0.717) is 24.3 Å². The Kier molecular flexibility index (Phi) is 3.30. The minimum absolute atomic E-state index is 0.00110. The predicted molar refractivity (Wildman–Crippen MR) is 78.4 cm³/mol. The topological polar surface area (TPSA) is 118 Å². The van der Waals surface area contributed by atoms with E-state index in [1.165, 1.54) is 12.4 Å². The number of aromatic amines is 1. The number of benzene rings is 1. The first kappa shape index (κ1) is 13.5. The number of piperidine rings is 1. The molecule has 1 fully saturated rings. The summed E-state index contributed by atoms with van der Waals surface area (Å²) >= 11 is 0. The van der Waals surface area contributed by atoms with Crippen molar-refractivity contribution in [3.63, 3.8) is 0 Å². The lowest BCUT2D eigenvalue weighted by atomic mass is 10.0. The zero-order chi connectivity index (χ0) is 15.0. The van der Waals surface area contributed by atoms with Gasteiger partial charge in [-0.25, -0.2) is 4.98 Å². The molecule has 0 unspecified atom stereocenters. The van der Waals surface area contributed by atoms with Crippen LogP contribution < -0.4 is 16.2 Å². The molecule has 1 aromatic heterocycles. The lowest BCUT2D eigenvalue weighted by molar-refractivity contribution is -0.384. The fraction of sp³-hybridized carbons (Fsp3) is 0.385. The van der Waals surface area contributed by atoms with Gasteiger partial charge in [0.2, 0.25) is 0 Å². The number of anilines is 1. The third-order valence-corrected chi connectivity index (χ3v) is 3.73. The van der Waals surface area contributed by atoms with Crippen molar-refractivity contribution in [2.24, 2.45) is 5.73 Å². The number of hydrogen-bond acceptors (Lipinski definition) is 6. The van der Waals surface area contributed by atoms with E-state index in [1.54, 1.807) is 6.07 Å². The molecule has 0 saturated carbocycles. The van der Waals surface area contributed by atoms with Crippen molar-refractivity contribution in [3.05, 3.63) is 38.9 Å². The highest BCUT2D eigenvalue weighted by Crippen LogP contribution is 2.32. The molecule has 1 atom stereocenters. The van der Waals surface area contributed by atoms with Gasteiger partial charge in [0.25, 0.3) is 11.2 Å². The Morgan fingerprint density at radius 1 is 1.48 bits per heavy atom. The van der Waals surface area contributed by atoms with Gasteiger partial charge in [0.05, 0.1) is 22.2 Å². The molecule has 3 rings (SSSR count). The number of nitrogens with one attached hydrogen (secondary N) is 1. The molecule has 1 aliphatic rings. The molecule has 2 heterocycles. The van der Waals surface area contributed by atoms with Gasteiger partial charge in [0.15, 0.2) is 0 Å². The van der Waals surface area contributed by atoms with E-state index >= 15 is 0 Å². The molecule has 0 spiro atoms. The second-order valence-corrected chi connectivity index (χ2v) is 5.20. The lowest BCUT2D eigenvalue weighted by Crippen LogP contribution is -2.43. The highest BCUT2D eigenvalue weighted by atomic mass is 16.6. The van der Waals surface area contributed by atoms with E-state index < -0.39 is 4.92 Å². The highest BCUT2D eigenvalue weighted by Gasteiger charge is 2.25.